The van der Waals surface area contributed by atoms with Crippen LogP contribution in [0.3, 0.4) is 0 Å². The fourth-order valence-corrected chi connectivity index (χ4v) is 5.12. The van der Waals surface area contributed by atoms with E-state index in [1.54, 1.807) is 14.0 Å². The first kappa shape index (κ1) is 19.3. The van der Waals surface area contributed by atoms with Gasteiger partial charge in [0.15, 0.2) is 0 Å². The van der Waals surface area contributed by atoms with Crippen molar-refractivity contribution in [2.45, 2.75) is 31.8 Å². The average molecular weight is 399 g/mol. The molecule has 2 aliphatic heterocycles. The maximum absolute atomic E-state index is 12.3. The van der Waals surface area contributed by atoms with Gasteiger partial charge in [-0.2, -0.15) is 0 Å². The Morgan fingerprint density at radius 1 is 1.18 bits per heavy atom. The first-order chi connectivity index (χ1) is 13.5. The lowest BCUT2D eigenvalue weighted by atomic mass is 9.81. The zero-order valence-electron chi connectivity index (χ0n) is 16.5. The second-order valence-corrected chi connectivity index (χ2v) is 8.37. The van der Waals surface area contributed by atoms with Crippen LogP contribution in [-0.4, -0.2) is 48.5 Å². The number of hydrogen-bond donors (Lipinski definition) is 0. The van der Waals surface area contributed by atoms with Crippen LogP contribution in [0.15, 0.2) is 48.5 Å². The summed E-state index contributed by atoms with van der Waals surface area (Å²) in [4.78, 5) is 16.9. The fraction of sp³-hybridized carbons (Fsp3) is 0.435. The van der Waals surface area contributed by atoms with Gasteiger partial charge in [-0.1, -0.05) is 35.9 Å². The minimum Gasteiger partial charge on any atom is -0.497 e. The van der Waals surface area contributed by atoms with E-state index < -0.39 is 0 Å². The molecule has 4 rings (SSSR count). The van der Waals surface area contributed by atoms with E-state index in [0.29, 0.717) is 17.9 Å². The van der Waals surface area contributed by atoms with Gasteiger partial charge in [0.2, 0.25) is 5.91 Å². The summed E-state index contributed by atoms with van der Waals surface area (Å²) < 4.78 is 5.31. The highest BCUT2D eigenvalue weighted by Crippen LogP contribution is 2.42. The molecular formula is C23H27ClN2O2. The third-order valence-electron chi connectivity index (χ3n) is 6.26. The van der Waals surface area contributed by atoms with E-state index in [4.69, 9.17) is 16.3 Å². The van der Waals surface area contributed by atoms with Gasteiger partial charge in [-0.05, 0) is 41.8 Å². The smallest absolute Gasteiger partial charge is 0.219 e. The summed E-state index contributed by atoms with van der Waals surface area (Å²) in [7, 11) is 1.69. The Kier molecular flexibility index (Phi) is 5.61. The van der Waals surface area contributed by atoms with Crippen molar-refractivity contribution < 1.29 is 9.53 Å². The minimum absolute atomic E-state index is 0.189. The molecule has 2 aromatic rings. The van der Waals surface area contributed by atoms with Crippen molar-refractivity contribution in [1.29, 1.82) is 0 Å². The van der Waals surface area contributed by atoms with E-state index in [9.17, 15) is 4.79 Å². The van der Waals surface area contributed by atoms with Crippen LogP contribution in [0, 0.1) is 5.92 Å². The molecule has 2 aliphatic rings. The van der Waals surface area contributed by atoms with Gasteiger partial charge in [0.1, 0.15) is 5.75 Å². The molecule has 0 aliphatic carbocycles. The van der Waals surface area contributed by atoms with Crippen molar-refractivity contribution in [1.82, 2.24) is 9.80 Å². The van der Waals surface area contributed by atoms with Gasteiger partial charge in [0.05, 0.1) is 7.11 Å². The SMILES string of the molecule is COc1ccc([C@H]2CN(C(C)=O)[C@@H]3CCN(Cc4cccc(Cl)c4)C[C@H]23)cc1. The number of methoxy groups -OCH3 is 1. The van der Waals surface area contributed by atoms with Crippen LogP contribution in [0.1, 0.15) is 30.4 Å². The Morgan fingerprint density at radius 2 is 1.96 bits per heavy atom. The van der Waals surface area contributed by atoms with Gasteiger partial charge in [0.25, 0.3) is 0 Å². The number of hydrogen-bond acceptors (Lipinski definition) is 3. The van der Waals surface area contributed by atoms with Crippen LogP contribution in [0.2, 0.25) is 5.02 Å². The molecule has 0 radical (unpaired) electrons. The Morgan fingerprint density at radius 3 is 2.64 bits per heavy atom. The lowest BCUT2D eigenvalue weighted by Crippen LogP contribution is -2.47. The summed E-state index contributed by atoms with van der Waals surface area (Å²) in [6, 6.07) is 16.8. The van der Waals surface area contributed by atoms with Crippen LogP contribution in [0.25, 0.3) is 0 Å². The number of fused-ring (bicyclic) bond motifs is 1. The largest absolute Gasteiger partial charge is 0.497 e. The Hall–Kier alpha value is -2.04. The zero-order chi connectivity index (χ0) is 19.7. The molecule has 2 aromatic carbocycles. The van der Waals surface area contributed by atoms with E-state index in [1.165, 1.54) is 11.1 Å². The standard InChI is InChI=1S/C23H27ClN2O2/c1-16(27)26-15-21(18-6-8-20(28-2)9-7-18)22-14-25(11-10-23(22)26)13-17-4-3-5-19(24)12-17/h3-9,12,21-23H,10-11,13-15H2,1-2H3/t21-,22-,23-/m1/s1. The van der Waals surface area contributed by atoms with Crippen LogP contribution in [-0.2, 0) is 11.3 Å². The summed E-state index contributed by atoms with van der Waals surface area (Å²) in [5.74, 6) is 1.87. The first-order valence-electron chi connectivity index (χ1n) is 9.93. The zero-order valence-corrected chi connectivity index (χ0v) is 17.2. The predicted molar refractivity (Wildman–Crippen MR) is 112 cm³/mol. The fourth-order valence-electron chi connectivity index (χ4n) is 4.91. The highest BCUT2D eigenvalue weighted by molar-refractivity contribution is 6.30. The van der Waals surface area contributed by atoms with Gasteiger partial charge in [-0.15, -0.1) is 0 Å². The topological polar surface area (TPSA) is 32.8 Å². The minimum atomic E-state index is 0.189. The summed E-state index contributed by atoms with van der Waals surface area (Å²) in [5.41, 5.74) is 2.54. The molecule has 148 valence electrons. The van der Waals surface area contributed by atoms with Gasteiger partial charge in [-0.3, -0.25) is 9.69 Å². The molecule has 0 saturated carbocycles. The quantitative estimate of drug-likeness (QED) is 0.774. The Labute approximate surface area is 172 Å². The van der Waals surface area contributed by atoms with Crippen molar-refractivity contribution in [2.24, 2.45) is 5.92 Å². The van der Waals surface area contributed by atoms with Crippen molar-refractivity contribution in [3.05, 3.63) is 64.7 Å². The Bertz CT molecular complexity index is 839. The van der Waals surface area contributed by atoms with Crippen LogP contribution >= 0.6 is 11.6 Å². The maximum atomic E-state index is 12.3. The molecule has 0 unspecified atom stereocenters. The van der Waals surface area contributed by atoms with Gasteiger partial charge >= 0.3 is 0 Å². The number of rotatable bonds is 4. The van der Waals surface area contributed by atoms with Crippen LogP contribution in [0.5, 0.6) is 5.75 Å². The molecule has 0 spiro atoms. The highest BCUT2D eigenvalue weighted by Gasteiger charge is 2.46. The molecular weight excluding hydrogens is 372 g/mol. The summed E-state index contributed by atoms with van der Waals surface area (Å²) >= 11 is 6.16. The maximum Gasteiger partial charge on any atom is 0.219 e. The van der Waals surface area contributed by atoms with Crippen molar-refractivity contribution in [2.75, 3.05) is 26.7 Å². The molecule has 2 heterocycles. The summed E-state index contributed by atoms with van der Waals surface area (Å²) in [5, 5.41) is 0.784. The molecule has 0 N–H and O–H groups in total. The molecule has 5 heteroatoms. The van der Waals surface area contributed by atoms with E-state index in [1.807, 2.05) is 30.3 Å². The van der Waals surface area contributed by atoms with E-state index in [0.717, 1.165) is 43.4 Å². The Balaban J connectivity index is 1.54. The van der Waals surface area contributed by atoms with Crippen molar-refractivity contribution in [3.63, 3.8) is 0 Å². The number of benzene rings is 2. The van der Waals surface area contributed by atoms with Crippen LogP contribution in [0.4, 0.5) is 0 Å². The van der Waals surface area contributed by atoms with Crippen molar-refractivity contribution >= 4 is 17.5 Å². The van der Waals surface area contributed by atoms with Gasteiger partial charge in [0, 0.05) is 56.0 Å². The summed E-state index contributed by atoms with van der Waals surface area (Å²) in [6.07, 6.45) is 1.03. The molecule has 4 nitrogen and oxygen atoms in total. The molecule has 3 atom stereocenters. The summed E-state index contributed by atoms with van der Waals surface area (Å²) in [6.45, 7) is 5.41. The number of carbonyl (C=O) groups is 1. The number of amides is 1. The van der Waals surface area contributed by atoms with Crippen molar-refractivity contribution in [3.8, 4) is 5.75 Å². The molecule has 1 amide bonds. The van der Waals surface area contributed by atoms with Gasteiger partial charge < -0.3 is 9.64 Å². The third-order valence-corrected chi connectivity index (χ3v) is 6.49. The second kappa shape index (κ2) is 8.14. The number of ether oxygens (including phenoxy) is 1. The number of halogens is 1. The molecule has 28 heavy (non-hydrogen) atoms. The lowest BCUT2D eigenvalue weighted by Gasteiger charge is -2.39. The normalized spacial score (nSPS) is 24.8. The molecule has 2 fully saturated rings. The average Bonchev–Trinajstić information content (AvgIpc) is 3.07. The van der Waals surface area contributed by atoms with Crippen LogP contribution < -0.4 is 4.74 Å². The lowest BCUT2D eigenvalue weighted by molar-refractivity contribution is -0.130. The number of carbonyl (C=O) groups excluding carboxylic acids is 1. The predicted octanol–water partition coefficient (Wildman–Crippen LogP) is 4.19. The number of piperidine rings is 1. The molecule has 0 aromatic heterocycles. The van der Waals surface area contributed by atoms with E-state index >= 15 is 0 Å². The second-order valence-electron chi connectivity index (χ2n) is 7.94. The number of nitrogens with zero attached hydrogens (tertiary/aromatic N) is 2. The first-order valence-corrected chi connectivity index (χ1v) is 10.3. The number of likely N-dealkylation sites (tertiary alicyclic amines) is 2. The van der Waals surface area contributed by atoms with E-state index in [2.05, 4.69) is 28.0 Å². The molecule has 2 saturated heterocycles. The van der Waals surface area contributed by atoms with Gasteiger partial charge in [-0.25, -0.2) is 0 Å². The highest BCUT2D eigenvalue weighted by atomic mass is 35.5. The third kappa shape index (κ3) is 3.89. The molecule has 0 bridgehead atoms. The van der Waals surface area contributed by atoms with E-state index in [-0.39, 0.29) is 5.91 Å². The monoisotopic (exact) mass is 398 g/mol.